The molecule has 6 nitrogen and oxygen atoms in total. The second kappa shape index (κ2) is 8.14. The molecule has 0 aliphatic rings. The second-order valence-corrected chi connectivity index (χ2v) is 4.38. The number of hydrogen-bond donors (Lipinski definition) is 2. The van der Waals surface area contributed by atoms with E-state index in [1.165, 1.54) is 0 Å². The molecule has 1 amide bonds. The first-order valence-corrected chi connectivity index (χ1v) is 6.62. The van der Waals surface area contributed by atoms with Crippen LogP contribution in [0.2, 0.25) is 0 Å². The van der Waals surface area contributed by atoms with Gasteiger partial charge in [0, 0.05) is 31.8 Å². The van der Waals surface area contributed by atoms with E-state index in [1.807, 2.05) is 19.2 Å². The lowest BCUT2D eigenvalue weighted by Gasteiger charge is -2.12. The van der Waals surface area contributed by atoms with Gasteiger partial charge in [-0.05, 0) is 19.8 Å². The molecule has 104 valence electrons. The van der Waals surface area contributed by atoms with E-state index in [-0.39, 0.29) is 11.9 Å². The number of nitrogens with zero attached hydrogens (tertiary/aromatic N) is 3. The summed E-state index contributed by atoms with van der Waals surface area (Å²) in [5.74, 6) is 0.650. The largest absolute Gasteiger partial charge is 0.357 e. The molecule has 0 bridgehead atoms. The Labute approximate surface area is 113 Å². The third-order valence-electron chi connectivity index (χ3n) is 2.62. The quantitative estimate of drug-likeness (QED) is 0.696. The zero-order chi connectivity index (χ0) is 14.1. The van der Waals surface area contributed by atoms with Crippen molar-refractivity contribution >= 4 is 11.7 Å². The summed E-state index contributed by atoms with van der Waals surface area (Å²) < 4.78 is 1.77. The van der Waals surface area contributed by atoms with Gasteiger partial charge >= 0.3 is 0 Å². The predicted octanol–water partition coefficient (Wildman–Crippen LogP) is 1.51. The van der Waals surface area contributed by atoms with Gasteiger partial charge in [0.15, 0.2) is 0 Å². The third-order valence-corrected chi connectivity index (χ3v) is 2.62. The molecule has 1 heterocycles. The molecule has 0 aliphatic carbocycles. The number of rotatable bonds is 8. The van der Waals surface area contributed by atoms with Crippen LogP contribution >= 0.6 is 0 Å². The Balaban J connectivity index is 2.40. The summed E-state index contributed by atoms with van der Waals surface area (Å²) in [5, 5.41) is 18.6. The SMILES string of the molecule is CCCNC(=O)[C@@H](C)Nc1ccn(CCCC#N)n1. The molecule has 1 rings (SSSR count). The third kappa shape index (κ3) is 5.42. The molecule has 1 aromatic rings. The van der Waals surface area contributed by atoms with Gasteiger partial charge in [0.05, 0.1) is 6.07 Å². The van der Waals surface area contributed by atoms with Gasteiger partial charge in [-0.3, -0.25) is 9.48 Å². The summed E-state index contributed by atoms with van der Waals surface area (Å²) in [6, 6.07) is 3.62. The van der Waals surface area contributed by atoms with Gasteiger partial charge in [-0.25, -0.2) is 0 Å². The minimum atomic E-state index is -0.311. The van der Waals surface area contributed by atoms with Crippen molar-refractivity contribution in [1.29, 1.82) is 5.26 Å². The Hall–Kier alpha value is -2.03. The Morgan fingerprint density at radius 2 is 2.42 bits per heavy atom. The van der Waals surface area contributed by atoms with Crippen molar-refractivity contribution < 1.29 is 4.79 Å². The monoisotopic (exact) mass is 263 g/mol. The van der Waals surface area contributed by atoms with Crippen LogP contribution in [0.5, 0.6) is 0 Å². The number of carbonyl (C=O) groups is 1. The minimum Gasteiger partial charge on any atom is -0.357 e. The molecule has 0 unspecified atom stereocenters. The van der Waals surface area contributed by atoms with E-state index in [4.69, 9.17) is 5.26 Å². The van der Waals surface area contributed by atoms with Crippen molar-refractivity contribution in [2.75, 3.05) is 11.9 Å². The van der Waals surface area contributed by atoms with Crippen molar-refractivity contribution in [3.8, 4) is 6.07 Å². The van der Waals surface area contributed by atoms with Gasteiger partial charge in [0.1, 0.15) is 11.9 Å². The molecule has 1 aromatic heterocycles. The maximum Gasteiger partial charge on any atom is 0.242 e. The van der Waals surface area contributed by atoms with Crippen molar-refractivity contribution in [3.05, 3.63) is 12.3 Å². The highest BCUT2D eigenvalue weighted by atomic mass is 16.2. The van der Waals surface area contributed by atoms with Gasteiger partial charge in [-0.15, -0.1) is 0 Å². The fourth-order valence-corrected chi connectivity index (χ4v) is 1.57. The second-order valence-electron chi connectivity index (χ2n) is 4.38. The molecular formula is C13H21N5O. The van der Waals surface area contributed by atoms with Crippen molar-refractivity contribution in [2.45, 2.75) is 45.7 Å². The number of nitriles is 1. The summed E-state index contributed by atoms with van der Waals surface area (Å²) in [4.78, 5) is 11.7. The van der Waals surface area contributed by atoms with Crippen LogP contribution < -0.4 is 10.6 Å². The highest BCUT2D eigenvalue weighted by Gasteiger charge is 2.12. The van der Waals surface area contributed by atoms with Crippen molar-refractivity contribution in [1.82, 2.24) is 15.1 Å². The van der Waals surface area contributed by atoms with E-state index in [0.717, 1.165) is 12.8 Å². The highest BCUT2D eigenvalue weighted by Crippen LogP contribution is 2.05. The van der Waals surface area contributed by atoms with E-state index >= 15 is 0 Å². The molecule has 0 saturated heterocycles. The zero-order valence-electron chi connectivity index (χ0n) is 11.5. The maximum atomic E-state index is 11.7. The van der Waals surface area contributed by atoms with E-state index < -0.39 is 0 Å². The first-order valence-electron chi connectivity index (χ1n) is 6.62. The highest BCUT2D eigenvalue weighted by molar-refractivity contribution is 5.83. The summed E-state index contributed by atoms with van der Waals surface area (Å²) >= 11 is 0. The van der Waals surface area contributed by atoms with Crippen LogP contribution in [-0.4, -0.2) is 28.3 Å². The summed E-state index contributed by atoms with van der Waals surface area (Å²) in [7, 11) is 0. The van der Waals surface area contributed by atoms with E-state index in [9.17, 15) is 4.79 Å². The van der Waals surface area contributed by atoms with Gasteiger partial charge in [0.25, 0.3) is 0 Å². The van der Waals surface area contributed by atoms with Crippen LogP contribution in [0.4, 0.5) is 5.82 Å². The lowest BCUT2D eigenvalue weighted by molar-refractivity contribution is -0.121. The summed E-state index contributed by atoms with van der Waals surface area (Å²) in [5.41, 5.74) is 0. The number of unbranched alkanes of at least 4 members (excludes halogenated alkanes) is 1. The van der Waals surface area contributed by atoms with Crippen LogP contribution in [-0.2, 0) is 11.3 Å². The number of hydrogen-bond acceptors (Lipinski definition) is 4. The molecule has 0 radical (unpaired) electrons. The molecule has 1 atom stereocenters. The Morgan fingerprint density at radius 3 is 3.11 bits per heavy atom. The fourth-order valence-electron chi connectivity index (χ4n) is 1.57. The van der Waals surface area contributed by atoms with Gasteiger partial charge in [-0.1, -0.05) is 6.92 Å². The molecule has 0 spiro atoms. The minimum absolute atomic E-state index is 0.0270. The molecule has 0 saturated carbocycles. The first kappa shape index (κ1) is 15.0. The van der Waals surface area contributed by atoms with Gasteiger partial charge in [-0.2, -0.15) is 10.4 Å². The van der Waals surface area contributed by atoms with Gasteiger partial charge in [0.2, 0.25) is 5.91 Å². The van der Waals surface area contributed by atoms with Crippen LogP contribution in [0.1, 0.15) is 33.1 Å². The van der Waals surface area contributed by atoms with E-state index in [0.29, 0.717) is 25.3 Å². The van der Waals surface area contributed by atoms with Crippen LogP contribution in [0.3, 0.4) is 0 Å². The summed E-state index contributed by atoms with van der Waals surface area (Å²) in [6.07, 6.45) is 4.07. The number of amides is 1. The smallest absolute Gasteiger partial charge is 0.242 e. The number of aryl methyl sites for hydroxylation is 1. The number of carbonyl (C=O) groups excluding carboxylic acids is 1. The number of aromatic nitrogens is 2. The molecule has 0 fully saturated rings. The molecule has 0 aromatic carbocycles. The average molecular weight is 263 g/mol. The summed E-state index contributed by atoms with van der Waals surface area (Å²) in [6.45, 7) is 5.22. The Kier molecular flexibility index (Phi) is 6.44. The molecule has 6 heteroatoms. The lowest BCUT2D eigenvalue weighted by Crippen LogP contribution is -2.38. The predicted molar refractivity (Wildman–Crippen MR) is 73.5 cm³/mol. The first-order chi connectivity index (χ1) is 9.17. The Morgan fingerprint density at radius 1 is 1.63 bits per heavy atom. The normalized spacial score (nSPS) is 11.6. The maximum absolute atomic E-state index is 11.7. The van der Waals surface area contributed by atoms with E-state index in [1.54, 1.807) is 11.6 Å². The standard InChI is InChI=1S/C13H21N5O/c1-3-8-15-13(19)11(2)16-12-6-10-18(17-12)9-5-4-7-14/h6,10-11H,3-5,8-9H2,1-2H3,(H,15,19)(H,16,17)/t11-/m1/s1. The van der Waals surface area contributed by atoms with Crippen molar-refractivity contribution in [2.24, 2.45) is 0 Å². The van der Waals surface area contributed by atoms with E-state index in [2.05, 4.69) is 21.8 Å². The molecule has 0 aliphatic heterocycles. The topological polar surface area (TPSA) is 82.7 Å². The molecular weight excluding hydrogens is 242 g/mol. The van der Waals surface area contributed by atoms with Crippen LogP contribution in [0.25, 0.3) is 0 Å². The van der Waals surface area contributed by atoms with Gasteiger partial charge < -0.3 is 10.6 Å². The van der Waals surface area contributed by atoms with Crippen LogP contribution in [0.15, 0.2) is 12.3 Å². The Bertz CT molecular complexity index is 434. The average Bonchev–Trinajstić information content (AvgIpc) is 2.83. The fraction of sp³-hybridized carbons (Fsp3) is 0.615. The van der Waals surface area contributed by atoms with Crippen LogP contribution in [0, 0.1) is 11.3 Å². The molecule has 2 N–H and O–H groups in total. The number of nitrogens with one attached hydrogen (secondary N) is 2. The van der Waals surface area contributed by atoms with Crippen molar-refractivity contribution in [3.63, 3.8) is 0 Å². The lowest BCUT2D eigenvalue weighted by atomic mass is 10.3. The number of anilines is 1. The zero-order valence-corrected chi connectivity index (χ0v) is 11.5. The molecule has 19 heavy (non-hydrogen) atoms.